The highest BCUT2D eigenvalue weighted by Crippen LogP contribution is 2.36. The normalized spacial score (nSPS) is 11.0. The molecule has 6 heterocycles. The summed E-state index contributed by atoms with van der Waals surface area (Å²) in [6.45, 7) is 11.5. The number of rotatable bonds is 12. The number of nitrogens with zero attached hydrogens (tertiary/aromatic N) is 8. The molecular formula is C42H40N14O3S3. The number of anilines is 8. The van der Waals surface area contributed by atoms with E-state index in [1.165, 1.54) is 51.1 Å². The second-order valence-electron chi connectivity index (χ2n) is 14.0. The standard InChI is InChI=1S/C42H40N14O3S3/c1-23-17-29(11-13-31(23)61-39-43-25(3)19-33(47-39)45-35-21-27(5)51-53-35)55(41(57)49-37-9-7-15-59-37)56(42(58)50-38-10-8-16-60-38)30-12-14-32(24(2)18-30)62-40-44-26(4)20-34(48-40)46-36-22-28(6)52-54-36/h7-22H,1-6H3,(H,49,57)(H,50,58)(H2,43,45,47,51,53)(H2,44,46,48,52,54). The quantitative estimate of drug-likeness (QED) is 0.0499. The highest BCUT2D eigenvalue weighted by Gasteiger charge is 2.31. The van der Waals surface area contributed by atoms with Crippen LogP contribution in [0.25, 0.3) is 0 Å². The predicted molar refractivity (Wildman–Crippen MR) is 243 cm³/mol. The molecule has 314 valence electrons. The number of hydrogen-bond acceptors (Lipinski definition) is 14. The number of aryl methyl sites for hydroxylation is 6. The second-order valence-corrected chi connectivity index (χ2v) is 17.0. The fourth-order valence-electron chi connectivity index (χ4n) is 6.17. The lowest BCUT2D eigenvalue weighted by Gasteiger charge is -2.35. The molecule has 17 nitrogen and oxygen atoms in total. The zero-order valence-electron chi connectivity index (χ0n) is 34.3. The van der Waals surface area contributed by atoms with E-state index in [-0.39, 0.29) is 5.88 Å². The first-order valence-electron chi connectivity index (χ1n) is 19.1. The largest absolute Gasteiger partial charge is 0.449 e. The number of H-pyrrole nitrogens is 2. The maximum atomic E-state index is 14.5. The molecule has 8 aromatic rings. The molecule has 4 amide bonds. The number of carbonyl (C=O) groups is 2. The van der Waals surface area contributed by atoms with Gasteiger partial charge in [-0.15, -0.1) is 11.3 Å². The van der Waals surface area contributed by atoms with Crippen LogP contribution in [0.3, 0.4) is 0 Å². The van der Waals surface area contributed by atoms with Crippen molar-refractivity contribution in [3.8, 4) is 0 Å². The van der Waals surface area contributed by atoms with Gasteiger partial charge in [0.05, 0.1) is 34.0 Å². The number of hydrogen-bond donors (Lipinski definition) is 6. The number of furan rings is 1. The van der Waals surface area contributed by atoms with Crippen molar-refractivity contribution in [3.05, 3.63) is 130 Å². The van der Waals surface area contributed by atoms with E-state index in [0.29, 0.717) is 50.0 Å². The van der Waals surface area contributed by atoms with Crippen molar-refractivity contribution in [1.82, 2.24) is 40.3 Å². The molecule has 0 radical (unpaired) electrons. The van der Waals surface area contributed by atoms with Gasteiger partial charge in [0.15, 0.2) is 10.3 Å². The Morgan fingerprint density at radius 2 is 1.15 bits per heavy atom. The third-order valence-electron chi connectivity index (χ3n) is 8.90. The molecule has 0 bridgehead atoms. The predicted octanol–water partition coefficient (Wildman–Crippen LogP) is 10.7. The number of benzene rings is 2. The van der Waals surface area contributed by atoms with Crippen LogP contribution in [0.15, 0.2) is 121 Å². The van der Waals surface area contributed by atoms with Gasteiger partial charge in [-0.05, 0) is 136 Å². The Morgan fingerprint density at radius 3 is 1.58 bits per heavy atom. The van der Waals surface area contributed by atoms with Gasteiger partial charge in [0.25, 0.3) is 0 Å². The fraction of sp³-hybridized carbons (Fsp3) is 0.143. The highest BCUT2D eigenvalue weighted by molar-refractivity contribution is 7.99. The highest BCUT2D eigenvalue weighted by atomic mass is 32.2. The number of urea groups is 2. The summed E-state index contributed by atoms with van der Waals surface area (Å²) < 4.78 is 5.50. The first-order chi connectivity index (χ1) is 29.9. The number of aromatic amines is 2. The molecular weight excluding hydrogens is 845 g/mol. The molecule has 8 rings (SSSR count). The van der Waals surface area contributed by atoms with Crippen LogP contribution in [-0.4, -0.2) is 52.4 Å². The van der Waals surface area contributed by atoms with E-state index in [1.54, 1.807) is 30.3 Å². The molecule has 0 atom stereocenters. The minimum absolute atomic E-state index is 0.200. The van der Waals surface area contributed by atoms with Crippen molar-refractivity contribution in [2.45, 2.75) is 61.6 Å². The molecule has 62 heavy (non-hydrogen) atoms. The van der Waals surface area contributed by atoms with Crippen LogP contribution in [0.1, 0.15) is 33.9 Å². The second kappa shape index (κ2) is 18.2. The summed E-state index contributed by atoms with van der Waals surface area (Å²) in [4.78, 5) is 49.5. The lowest BCUT2D eigenvalue weighted by atomic mass is 10.2. The molecule has 0 fully saturated rings. The van der Waals surface area contributed by atoms with Gasteiger partial charge in [0.2, 0.25) is 5.88 Å². The van der Waals surface area contributed by atoms with Crippen molar-refractivity contribution in [3.63, 3.8) is 0 Å². The Bertz CT molecular complexity index is 2670. The number of thiophene rings is 1. The summed E-state index contributed by atoms with van der Waals surface area (Å²) >= 11 is 4.12. The average Bonchev–Trinajstić information content (AvgIpc) is 4.07. The summed E-state index contributed by atoms with van der Waals surface area (Å²) in [6, 6.07) is 24.1. The van der Waals surface area contributed by atoms with Crippen molar-refractivity contribution in [1.29, 1.82) is 0 Å². The molecule has 0 unspecified atom stereocenters. The van der Waals surface area contributed by atoms with Crippen molar-refractivity contribution in [2.24, 2.45) is 0 Å². The first-order valence-corrected chi connectivity index (χ1v) is 21.6. The molecule has 6 N–H and O–H groups in total. The number of amides is 4. The summed E-state index contributed by atoms with van der Waals surface area (Å²) in [5.74, 6) is 2.85. The van der Waals surface area contributed by atoms with Gasteiger partial charge in [0.1, 0.15) is 23.3 Å². The summed E-state index contributed by atoms with van der Waals surface area (Å²) in [7, 11) is 0. The lowest BCUT2D eigenvalue weighted by molar-refractivity contribution is 0.248. The monoisotopic (exact) mass is 884 g/mol. The van der Waals surface area contributed by atoms with Crippen LogP contribution >= 0.6 is 34.9 Å². The molecule has 0 saturated carbocycles. The Labute approximate surface area is 368 Å². The van der Waals surface area contributed by atoms with E-state index >= 15 is 0 Å². The Hall–Kier alpha value is -7.16. The number of hydrazine groups is 1. The molecule has 20 heteroatoms. The van der Waals surface area contributed by atoms with E-state index in [9.17, 15) is 9.59 Å². The fourth-order valence-corrected chi connectivity index (χ4v) is 8.55. The van der Waals surface area contributed by atoms with Crippen LogP contribution in [0.2, 0.25) is 0 Å². The third-order valence-corrected chi connectivity index (χ3v) is 11.8. The topological polar surface area (TPSA) is 211 Å². The smallest absolute Gasteiger partial charge is 0.348 e. The summed E-state index contributed by atoms with van der Waals surface area (Å²) in [5, 5.41) is 32.6. The van der Waals surface area contributed by atoms with Crippen LogP contribution in [-0.2, 0) is 0 Å². The average molecular weight is 885 g/mol. The van der Waals surface area contributed by atoms with Gasteiger partial charge in [-0.3, -0.25) is 20.8 Å². The molecule has 0 aliphatic heterocycles. The molecule has 0 spiro atoms. The zero-order valence-corrected chi connectivity index (χ0v) is 36.7. The van der Waals surface area contributed by atoms with E-state index < -0.39 is 12.1 Å². The maximum absolute atomic E-state index is 14.5. The van der Waals surface area contributed by atoms with Crippen LogP contribution in [0, 0.1) is 41.5 Å². The third kappa shape index (κ3) is 10.1. The SMILES string of the molecule is Cc1cc(Nc2cc(C)nc(Sc3ccc(N(C(=O)Nc4ccco4)N(C(=O)Nc4cccs4)c4ccc(Sc5nc(C)cc(Nc6cc(C)n[nH]6)n5)c(C)c4)cc3C)n2)[nH]n1. The Kier molecular flexibility index (Phi) is 12.2. The number of aromatic nitrogens is 8. The van der Waals surface area contributed by atoms with Crippen LogP contribution in [0.5, 0.6) is 0 Å². The first kappa shape index (κ1) is 41.6. The molecule has 0 aliphatic rings. The molecule has 0 saturated heterocycles. The minimum atomic E-state index is -0.649. The van der Waals surface area contributed by atoms with Gasteiger partial charge in [-0.2, -0.15) is 20.2 Å². The summed E-state index contributed by atoms with van der Waals surface area (Å²) in [5.41, 5.74) is 5.68. The van der Waals surface area contributed by atoms with E-state index in [4.69, 9.17) is 14.4 Å². The van der Waals surface area contributed by atoms with E-state index in [1.807, 2.05) is 102 Å². The van der Waals surface area contributed by atoms with Crippen molar-refractivity contribution in [2.75, 3.05) is 31.3 Å². The zero-order chi connectivity index (χ0) is 43.3. The lowest BCUT2D eigenvalue weighted by Crippen LogP contribution is -2.53. The number of nitrogens with one attached hydrogen (secondary N) is 6. The van der Waals surface area contributed by atoms with Gasteiger partial charge >= 0.3 is 12.1 Å². The van der Waals surface area contributed by atoms with Gasteiger partial charge in [-0.25, -0.2) is 29.5 Å². The molecule has 2 aromatic carbocycles. The van der Waals surface area contributed by atoms with E-state index in [2.05, 4.69) is 51.6 Å². The van der Waals surface area contributed by atoms with Crippen molar-refractivity contribution < 1.29 is 14.0 Å². The number of carbonyl (C=O) groups excluding carboxylic acids is 2. The Balaban J connectivity index is 1.13. The minimum Gasteiger partial charge on any atom is -0.449 e. The van der Waals surface area contributed by atoms with Gasteiger partial charge in [0, 0.05) is 51.5 Å². The van der Waals surface area contributed by atoms with E-state index in [0.717, 1.165) is 43.7 Å². The Morgan fingerprint density at radius 1 is 0.613 bits per heavy atom. The van der Waals surface area contributed by atoms with Crippen molar-refractivity contribution >= 4 is 92.5 Å². The molecule has 6 aromatic heterocycles. The van der Waals surface area contributed by atoms with Crippen LogP contribution in [0.4, 0.5) is 55.1 Å². The van der Waals surface area contributed by atoms with Gasteiger partial charge in [-0.1, -0.05) is 0 Å². The maximum Gasteiger partial charge on any atom is 0.348 e. The summed E-state index contributed by atoms with van der Waals surface area (Å²) in [6.07, 6.45) is 1.46. The van der Waals surface area contributed by atoms with Gasteiger partial charge < -0.3 is 15.1 Å². The van der Waals surface area contributed by atoms with Crippen LogP contribution < -0.4 is 31.3 Å². The molecule has 0 aliphatic carbocycles.